The zero-order valence-corrected chi connectivity index (χ0v) is 23.7. The van der Waals surface area contributed by atoms with E-state index in [0.29, 0.717) is 22.9 Å². The van der Waals surface area contributed by atoms with Crippen LogP contribution in [0.3, 0.4) is 0 Å². The summed E-state index contributed by atoms with van der Waals surface area (Å²) in [5, 5.41) is 0. The lowest BCUT2D eigenvalue weighted by Gasteiger charge is -2.62. The molecule has 0 aliphatic heterocycles. The Morgan fingerprint density at radius 3 is 2.33 bits per heavy atom. The third-order valence-electron chi connectivity index (χ3n) is 12.2. The average Bonchev–Trinajstić information content (AvgIpc) is 3.23. The topological polar surface area (TPSA) is 23.6 Å². The lowest BCUT2D eigenvalue weighted by atomic mass is 9.44. The van der Waals surface area contributed by atoms with Gasteiger partial charge in [-0.1, -0.05) is 44.2 Å². The molecule has 1 amide bonds. The van der Waals surface area contributed by atoms with E-state index in [9.17, 15) is 4.79 Å². The third-order valence-corrected chi connectivity index (χ3v) is 12.2. The smallest absolute Gasteiger partial charge is 0.246 e. The van der Waals surface area contributed by atoms with E-state index in [2.05, 4.69) is 51.9 Å². The molecule has 4 aliphatic carbocycles. The Balaban J connectivity index is 1.25. The molecule has 3 nitrogen and oxygen atoms in total. The number of hydrogen-bond donors (Lipinski definition) is 0. The summed E-state index contributed by atoms with van der Waals surface area (Å²) in [6.07, 6.45) is 15.9. The fourth-order valence-corrected chi connectivity index (χ4v) is 9.81. The fraction of sp³-hybridized carbons (Fsp3) is 0.727. The van der Waals surface area contributed by atoms with Crippen LogP contribution in [0.4, 0.5) is 0 Å². The zero-order chi connectivity index (χ0) is 25.7. The molecule has 0 aromatic heterocycles. The summed E-state index contributed by atoms with van der Waals surface area (Å²) in [7, 11) is 6.58. The second-order valence-corrected chi connectivity index (χ2v) is 13.7. The van der Waals surface area contributed by atoms with Gasteiger partial charge < -0.3 is 9.80 Å². The van der Waals surface area contributed by atoms with Crippen molar-refractivity contribution in [2.45, 2.75) is 90.6 Å². The van der Waals surface area contributed by atoms with Crippen molar-refractivity contribution in [3.8, 4) is 0 Å². The normalized spacial score (nSPS) is 41.0. The molecule has 0 spiro atoms. The van der Waals surface area contributed by atoms with E-state index in [1.807, 2.05) is 36.2 Å². The number of nitrogens with zero attached hydrogens (tertiary/aromatic N) is 2. The van der Waals surface area contributed by atoms with Gasteiger partial charge in [0.15, 0.2) is 0 Å². The Morgan fingerprint density at radius 2 is 1.61 bits per heavy atom. The minimum Gasteiger partial charge on any atom is -0.339 e. The first-order valence-electron chi connectivity index (χ1n) is 14.8. The number of carbonyl (C=O) groups excluding carboxylic acids is 1. The highest BCUT2D eigenvalue weighted by Gasteiger charge is 2.61. The molecule has 36 heavy (non-hydrogen) atoms. The average molecular weight is 491 g/mol. The van der Waals surface area contributed by atoms with Gasteiger partial charge in [-0.05, 0) is 131 Å². The molecule has 0 unspecified atom stereocenters. The molecule has 0 bridgehead atoms. The molecule has 4 fully saturated rings. The van der Waals surface area contributed by atoms with Gasteiger partial charge in [-0.3, -0.25) is 4.79 Å². The van der Waals surface area contributed by atoms with Crippen molar-refractivity contribution in [2.24, 2.45) is 40.4 Å². The number of fused-ring (bicyclic) bond motifs is 5. The third kappa shape index (κ3) is 4.38. The van der Waals surface area contributed by atoms with Gasteiger partial charge in [-0.15, -0.1) is 0 Å². The molecule has 3 heteroatoms. The highest BCUT2D eigenvalue weighted by Crippen LogP contribution is 2.68. The van der Waals surface area contributed by atoms with Crippen LogP contribution in [0.2, 0.25) is 0 Å². The molecule has 0 N–H and O–H groups in total. The minimum atomic E-state index is 0.154. The maximum atomic E-state index is 13.0. The van der Waals surface area contributed by atoms with E-state index >= 15 is 0 Å². The molecule has 0 saturated heterocycles. The lowest BCUT2D eigenvalue weighted by molar-refractivity contribution is -0.137. The van der Waals surface area contributed by atoms with Crippen molar-refractivity contribution in [3.63, 3.8) is 0 Å². The molecule has 4 aliphatic rings. The molecule has 198 valence electrons. The van der Waals surface area contributed by atoms with E-state index < -0.39 is 0 Å². The summed E-state index contributed by atoms with van der Waals surface area (Å²) in [6, 6.07) is 11.2. The van der Waals surface area contributed by atoms with E-state index in [1.165, 1.54) is 57.8 Å². The number of benzene rings is 1. The standard InChI is InChI=1S/C33H50N2O/c1-23(34(4)5)28-15-16-29-27-14-13-25-22-26(18-20-32(25,2)30(27)19-21-33(28,29)3)35(6)31(36)17-12-24-10-8-7-9-11-24/h7-12,17,23,25-30H,13-16,18-22H2,1-6H3/b17-12-/t23-,25-,26-,27-,28+,29-,30-,32-,33+/m0/s1. The van der Waals surface area contributed by atoms with Crippen molar-refractivity contribution in [1.29, 1.82) is 0 Å². The molecular weight excluding hydrogens is 440 g/mol. The molecule has 9 atom stereocenters. The van der Waals surface area contributed by atoms with Gasteiger partial charge in [0, 0.05) is 25.2 Å². The van der Waals surface area contributed by atoms with Crippen LogP contribution >= 0.6 is 0 Å². The summed E-state index contributed by atoms with van der Waals surface area (Å²) in [5.74, 6) is 4.52. The van der Waals surface area contributed by atoms with Crippen molar-refractivity contribution in [2.75, 3.05) is 21.1 Å². The Morgan fingerprint density at radius 1 is 0.917 bits per heavy atom. The van der Waals surface area contributed by atoms with Crippen LogP contribution in [0, 0.1) is 40.4 Å². The highest BCUT2D eigenvalue weighted by atomic mass is 16.2. The van der Waals surface area contributed by atoms with Crippen molar-refractivity contribution in [3.05, 3.63) is 42.0 Å². The van der Waals surface area contributed by atoms with Crippen LogP contribution in [0.1, 0.15) is 84.1 Å². The largest absolute Gasteiger partial charge is 0.339 e. The van der Waals surface area contributed by atoms with Gasteiger partial charge in [-0.25, -0.2) is 0 Å². The van der Waals surface area contributed by atoms with Crippen LogP contribution in [-0.2, 0) is 4.79 Å². The van der Waals surface area contributed by atoms with E-state index in [1.54, 1.807) is 6.08 Å². The quantitative estimate of drug-likeness (QED) is 0.410. The second-order valence-electron chi connectivity index (χ2n) is 13.7. The number of amides is 1. The first-order chi connectivity index (χ1) is 17.1. The maximum Gasteiger partial charge on any atom is 0.246 e. The number of rotatable bonds is 5. The van der Waals surface area contributed by atoms with Gasteiger partial charge in [0.05, 0.1) is 0 Å². The van der Waals surface area contributed by atoms with Gasteiger partial charge in [0.25, 0.3) is 0 Å². The van der Waals surface area contributed by atoms with Crippen LogP contribution in [0.5, 0.6) is 0 Å². The van der Waals surface area contributed by atoms with Gasteiger partial charge in [0.1, 0.15) is 0 Å². The van der Waals surface area contributed by atoms with Crippen LogP contribution in [-0.4, -0.2) is 48.9 Å². The fourth-order valence-electron chi connectivity index (χ4n) is 9.81. The summed E-state index contributed by atoms with van der Waals surface area (Å²) in [5.41, 5.74) is 2.09. The number of carbonyl (C=O) groups is 1. The Hall–Kier alpha value is -1.61. The Labute approximate surface area is 220 Å². The van der Waals surface area contributed by atoms with Crippen LogP contribution in [0.25, 0.3) is 6.08 Å². The molecule has 4 saturated carbocycles. The van der Waals surface area contributed by atoms with Crippen LogP contribution in [0.15, 0.2) is 36.4 Å². The predicted molar refractivity (Wildman–Crippen MR) is 150 cm³/mol. The van der Waals surface area contributed by atoms with Crippen molar-refractivity contribution < 1.29 is 4.79 Å². The molecule has 0 heterocycles. The number of likely N-dealkylation sites (N-methyl/N-ethyl adjacent to an activating group) is 1. The second kappa shape index (κ2) is 9.93. The summed E-state index contributed by atoms with van der Waals surface area (Å²) in [4.78, 5) is 17.5. The molecular formula is C33H50N2O. The van der Waals surface area contributed by atoms with Gasteiger partial charge in [0.2, 0.25) is 5.91 Å². The van der Waals surface area contributed by atoms with Crippen molar-refractivity contribution in [1.82, 2.24) is 9.80 Å². The molecule has 1 aromatic rings. The first-order valence-corrected chi connectivity index (χ1v) is 14.8. The van der Waals surface area contributed by atoms with E-state index in [0.717, 1.165) is 35.2 Å². The lowest BCUT2D eigenvalue weighted by Crippen LogP contribution is -2.56. The first kappa shape index (κ1) is 26.0. The summed E-state index contributed by atoms with van der Waals surface area (Å²) < 4.78 is 0. The highest BCUT2D eigenvalue weighted by molar-refractivity contribution is 5.91. The zero-order valence-electron chi connectivity index (χ0n) is 23.7. The van der Waals surface area contributed by atoms with Crippen LogP contribution < -0.4 is 0 Å². The Bertz CT molecular complexity index is 956. The van der Waals surface area contributed by atoms with E-state index in [-0.39, 0.29) is 5.91 Å². The Kier molecular flexibility index (Phi) is 7.18. The minimum absolute atomic E-state index is 0.154. The van der Waals surface area contributed by atoms with Gasteiger partial charge in [-0.2, -0.15) is 0 Å². The summed E-state index contributed by atoms with van der Waals surface area (Å²) >= 11 is 0. The van der Waals surface area contributed by atoms with Gasteiger partial charge >= 0.3 is 0 Å². The predicted octanol–water partition coefficient (Wildman–Crippen LogP) is 7.14. The van der Waals surface area contributed by atoms with E-state index in [4.69, 9.17) is 0 Å². The number of hydrogen-bond acceptors (Lipinski definition) is 2. The maximum absolute atomic E-state index is 13.0. The molecule has 5 rings (SSSR count). The van der Waals surface area contributed by atoms with Crippen molar-refractivity contribution >= 4 is 12.0 Å². The molecule has 0 radical (unpaired) electrons. The summed E-state index contributed by atoms with van der Waals surface area (Å²) in [6.45, 7) is 7.79. The monoisotopic (exact) mass is 490 g/mol. The molecule has 1 aromatic carbocycles. The SMILES string of the molecule is C[C@@H]([C@H]1CC[C@H]2[C@@H]3CC[C@H]4C[C@@H](N(C)C(=O)/C=C\c5ccccc5)CC[C@]4(C)[C@H]3CC[C@]12C)N(C)C.